The van der Waals surface area contributed by atoms with Crippen LogP contribution < -0.4 is 5.32 Å². The second-order valence-electron chi connectivity index (χ2n) is 23.2. The van der Waals surface area contributed by atoms with E-state index in [9.17, 15) is 19.8 Å². The number of hydrogen-bond acceptors (Lipinski definition) is 5. The minimum Gasteiger partial charge on any atom is -0.466 e. The maximum absolute atomic E-state index is 12.5. The zero-order valence-corrected chi connectivity index (χ0v) is 49.6. The quantitative estimate of drug-likeness (QED) is 0.0320. The molecule has 0 saturated heterocycles. The van der Waals surface area contributed by atoms with Crippen LogP contribution in [-0.4, -0.2) is 47.4 Å². The Kier molecular flexibility index (Phi) is 61.9. The number of nitrogens with one attached hydrogen (secondary N) is 1. The zero-order chi connectivity index (χ0) is 52.9. The predicted octanol–water partition coefficient (Wildman–Crippen LogP) is 21.2. The number of amides is 1. The van der Waals surface area contributed by atoms with Crippen molar-refractivity contribution in [3.63, 3.8) is 0 Å². The minimum atomic E-state index is -0.662. The lowest BCUT2D eigenvalue weighted by molar-refractivity contribution is -0.143. The van der Waals surface area contributed by atoms with Gasteiger partial charge in [-0.2, -0.15) is 0 Å². The van der Waals surface area contributed by atoms with Crippen LogP contribution in [0.3, 0.4) is 0 Å². The first-order valence-electron chi connectivity index (χ1n) is 33.4. The first-order chi connectivity index (χ1) is 36.0. The summed E-state index contributed by atoms with van der Waals surface area (Å²) < 4.78 is 5.50. The van der Waals surface area contributed by atoms with Gasteiger partial charge in [0.25, 0.3) is 0 Å². The molecule has 0 bridgehead atoms. The Bertz CT molecular complexity index is 1100. The van der Waals surface area contributed by atoms with E-state index in [1.54, 1.807) is 0 Å². The molecule has 0 aliphatic carbocycles. The summed E-state index contributed by atoms with van der Waals surface area (Å²) in [5.41, 5.74) is 0. The van der Waals surface area contributed by atoms with Gasteiger partial charge in [-0.15, -0.1) is 0 Å². The summed E-state index contributed by atoms with van der Waals surface area (Å²) in [6, 6.07) is -0.539. The number of aliphatic hydroxyl groups is 2. The maximum atomic E-state index is 12.5. The number of hydrogen-bond donors (Lipinski definition) is 3. The molecule has 1 amide bonds. The van der Waals surface area contributed by atoms with Crippen LogP contribution in [0.25, 0.3) is 0 Å². The average Bonchev–Trinajstić information content (AvgIpc) is 3.39. The van der Waals surface area contributed by atoms with E-state index in [4.69, 9.17) is 4.74 Å². The van der Waals surface area contributed by atoms with E-state index in [0.29, 0.717) is 25.9 Å². The Hall–Kier alpha value is -1.40. The molecule has 0 heterocycles. The second kappa shape index (κ2) is 63.1. The van der Waals surface area contributed by atoms with Crippen molar-refractivity contribution in [1.29, 1.82) is 0 Å². The Morgan fingerprint density at radius 1 is 0.370 bits per heavy atom. The van der Waals surface area contributed by atoms with Gasteiger partial charge in [-0.25, -0.2) is 0 Å². The predicted molar refractivity (Wildman–Crippen MR) is 320 cm³/mol. The Morgan fingerprint density at radius 3 is 0.973 bits per heavy atom. The van der Waals surface area contributed by atoms with Crippen LogP contribution in [0.15, 0.2) is 12.2 Å². The molecular formula is C67H131NO5. The van der Waals surface area contributed by atoms with E-state index in [2.05, 4.69) is 31.3 Å². The molecule has 0 rings (SSSR count). The molecule has 2 unspecified atom stereocenters. The van der Waals surface area contributed by atoms with Crippen LogP contribution in [0.4, 0.5) is 0 Å². The number of ether oxygens (including phenoxy) is 1. The molecule has 0 aromatic carbocycles. The summed E-state index contributed by atoms with van der Waals surface area (Å²) in [4.78, 5) is 24.5. The molecule has 0 fully saturated rings. The molecule has 3 N–H and O–H groups in total. The molecule has 6 nitrogen and oxygen atoms in total. The van der Waals surface area contributed by atoms with Gasteiger partial charge in [0.15, 0.2) is 0 Å². The molecule has 73 heavy (non-hydrogen) atoms. The first-order valence-corrected chi connectivity index (χ1v) is 33.4. The molecule has 2 atom stereocenters. The number of carbonyl (C=O) groups excluding carboxylic acids is 2. The van der Waals surface area contributed by atoms with Gasteiger partial charge < -0.3 is 20.3 Å². The van der Waals surface area contributed by atoms with Gasteiger partial charge >= 0.3 is 5.97 Å². The Morgan fingerprint density at radius 2 is 0.644 bits per heavy atom. The first kappa shape index (κ1) is 71.6. The molecule has 0 spiro atoms. The number of aliphatic hydroxyl groups excluding tert-OH is 2. The van der Waals surface area contributed by atoms with Crippen LogP contribution in [0.1, 0.15) is 380 Å². The van der Waals surface area contributed by atoms with Crippen molar-refractivity contribution >= 4 is 11.9 Å². The summed E-state index contributed by atoms with van der Waals surface area (Å²) in [6.45, 7) is 4.98. The number of allylic oxidation sites excluding steroid dienone is 2. The molecule has 0 aliphatic rings. The highest BCUT2D eigenvalue weighted by Crippen LogP contribution is 2.18. The van der Waals surface area contributed by atoms with E-state index >= 15 is 0 Å². The third-order valence-corrected chi connectivity index (χ3v) is 15.8. The molecule has 0 saturated carbocycles. The van der Waals surface area contributed by atoms with Crippen molar-refractivity contribution in [3.8, 4) is 0 Å². The van der Waals surface area contributed by atoms with Gasteiger partial charge in [0, 0.05) is 12.8 Å². The van der Waals surface area contributed by atoms with Gasteiger partial charge in [-0.1, -0.05) is 328 Å². The number of esters is 1. The smallest absolute Gasteiger partial charge is 0.305 e. The minimum absolute atomic E-state index is 0.0201. The van der Waals surface area contributed by atoms with E-state index in [-0.39, 0.29) is 18.5 Å². The van der Waals surface area contributed by atoms with Gasteiger partial charge in [0.1, 0.15) is 0 Å². The lowest BCUT2D eigenvalue weighted by Gasteiger charge is -2.22. The van der Waals surface area contributed by atoms with Crippen molar-refractivity contribution in [1.82, 2.24) is 5.32 Å². The fraction of sp³-hybridized carbons (Fsp3) is 0.940. The molecular weight excluding hydrogens is 899 g/mol. The van der Waals surface area contributed by atoms with E-state index in [1.165, 1.54) is 308 Å². The largest absolute Gasteiger partial charge is 0.466 e. The number of unbranched alkanes of at least 4 members (excludes halogenated alkanes) is 50. The molecule has 434 valence electrons. The van der Waals surface area contributed by atoms with Gasteiger partial charge in [-0.3, -0.25) is 9.59 Å². The van der Waals surface area contributed by atoms with Gasteiger partial charge in [-0.05, 0) is 51.4 Å². The fourth-order valence-corrected chi connectivity index (χ4v) is 10.7. The van der Waals surface area contributed by atoms with Gasteiger partial charge in [0.05, 0.1) is 25.4 Å². The van der Waals surface area contributed by atoms with Crippen LogP contribution in [0.2, 0.25) is 0 Å². The highest BCUT2D eigenvalue weighted by Gasteiger charge is 2.20. The average molecular weight is 1030 g/mol. The molecule has 0 radical (unpaired) electrons. The normalized spacial score (nSPS) is 12.5. The van der Waals surface area contributed by atoms with Crippen LogP contribution >= 0.6 is 0 Å². The molecule has 0 aromatic rings. The number of carbonyl (C=O) groups is 2. The fourth-order valence-electron chi connectivity index (χ4n) is 10.7. The van der Waals surface area contributed by atoms with Crippen LogP contribution in [0, 0.1) is 0 Å². The molecule has 0 aliphatic heterocycles. The third-order valence-electron chi connectivity index (χ3n) is 15.8. The summed E-state index contributed by atoms with van der Waals surface area (Å²) >= 11 is 0. The molecule has 0 aromatic heterocycles. The van der Waals surface area contributed by atoms with E-state index in [1.807, 2.05) is 0 Å². The lowest BCUT2D eigenvalue weighted by Crippen LogP contribution is -2.45. The van der Waals surface area contributed by atoms with E-state index in [0.717, 1.165) is 38.5 Å². The lowest BCUT2D eigenvalue weighted by atomic mass is 10.0. The standard InChI is InChI=1S/C67H131NO5/c1-3-5-7-9-11-13-15-17-33-37-41-45-49-53-57-61-67(72)73-62-58-54-50-46-42-38-35-32-30-28-26-24-22-20-18-19-21-23-25-27-29-31-34-36-40-44-48-52-56-60-66(71)68-64(63-69)65(70)59-55-51-47-43-39-16-14-12-10-8-6-4-2/h18,20,64-65,69-70H,3-17,19,21-63H2,1-2H3,(H,68,71)/b20-18-. The third kappa shape index (κ3) is 59.7. The number of rotatable bonds is 63. The summed E-state index contributed by atoms with van der Waals surface area (Å²) in [5, 5.41) is 23.2. The summed E-state index contributed by atoms with van der Waals surface area (Å²) in [7, 11) is 0. The molecule has 6 heteroatoms. The van der Waals surface area contributed by atoms with Crippen molar-refractivity contribution < 1.29 is 24.5 Å². The highest BCUT2D eigenvalue weighted by atomic mass is 16.5. The second-order valence-corrected chi connectivity index (χ2v) is 23.2. The van der Waals surface area contributed by atoms with Crippen LogP contribution in [0.5, 0.6) is 0 Å². The Balaban J connectivity index is 3.34. The zero-order valence-electron chi connectivity index (χ0n) is 49.6. The monoisotopic (exact) mass is 1030 g/mol. The van der Waals surface area contributed by atoms with Gasteiger partial charge in [0.2, 0.25) is 5.91 Å². The summed E-state index contributed by atoms with van der Waals surface area (Å²) in [5.74, 6) is -0.0125. The topological polar surface area (TPSA) is 95.9 Å². The SMILES string of the molecule is CCCCCCCCCCCCCCCCCC(=O)OCCCCCCCCCCCCCC/C=C\CCCCCCCCCCCCCCCC(=O)NC(CO)C(O)CCCCCCCCCCCCCC. The van der Waals surface area contributed by atoms with Crippen molar-refractivity contribution in [3.05, 3.63) is 12.2 Å². The van der Waals surface area contributed by atoms with Crippen molar-refractivity contribution in [2.75, 3.05) is 13.2 Å². The highest BCUT2D eigenvalue weighted by molar-refractivity contribution is 5.76. The van der Waals surface area contributed by atoms with Crippen molar-refractivity contribution in [2.45, 2.75) is 392 Å². The van der Waals surface area contributed by atoms with Crippen molar-refractivity contribution in [2.24, 2.45) is 0 Å². The Labute approximate surface area is 457 Å². The maximum Gasteiger partial charge on any atom is 0.305 e. The summed E-state index contributed by atoms with van der Waals surface area (Å²) in [6.07, 6.45) is 76.8. The van der Waals surface area contributed by atoms with Crippen LogP contribution in [-0.2, 0) is 14.3 Å². The van der Waals surface area contributed by atoms with E-state index < -0.39 is 12.1 Å².